The van der Waals surface area contributed by atoms with Crippen LogP contribution in [0.4, 0.5) is 0 Å². The van der Waals surface area contributed by atoms with Crippen molar-refractivity contribution in [2.45, 2.75) is 4.90 Å². The second kappa shape index (κ2) is 4.69. The Kier molecular flexibility index (Phi) is 3.50. The third-order valence-corrected chi connectivity index (χ3v) is 2.59. The summed E-state index contributed by atoms with van der Waals surface area (Å²) in [6.07, 6.45) is 0. The number of nitrogens with zero attached hydrogens (tertiary/aromatic N) is 6. The summed E-state index contributed by atoms with van der Waals surface area (Å²) in [5.74, 6) is 0. The molecule has 92 valence electrons. The molecule has 0 amide bonds. The van der Waals surface area contributed by atoms with Gasteiger partial charge in [0.2, 0.25) is 10.8 Å². The molecule has 0 aliphatic carbocycles. The van der Waals surface area contributed by atoms with E-state index >= 15 is 0 Å². The van der Waals surface area contributed by atoms with Crippen LogP contribution in [0.3, 0.4) is 0 Å². The van der Waals surface area contributed by atoms with Crippen LogP contribution >= 0.6 is 0 Å². The minimum absolute atomic E-state index is 0.276. The highest BCUT2D eigenvalue weighted by molar-refractivity contribution is 7.85. The molecule has 18 heavy (non-hydrogen) atoms. The van der Waals surface area contributed by atoms with Gasteiger partial charge in [-0.25, -0.2) is 0 Å². The Morgan fingerprint density at radius 3 is 2.39 bits per heavy atom. The molecule has 0 aliphatic heterocycles. The predicted molar refractivity (Wildman–Crippen MR) is 53.2 cm³/mol. The first kappa shape index (κ1) is 13.4. The zero-order valence-electron chi connectivity index (χ0n) is 8.25. The second-order valence-corrected chi connectivity index (χ2v) is 4.14. The lowest BCUT2D eigenvalue weighted by Crippen LogP contribution is -2.49. The molecule has 0 spiro atoms. The first-order chi connectivity index (χ1) is 8.32. The average molecular weight is 270 g/mol. The molecule has 0 radical (unpaired) electrons. The molecule has 11 nitrogen and oxygen atoms in total. The lowest BCUT2D eigenvalue weighted by molar-refractivity contribution is 0.482. The van der Waals surface area contributed by atoms with E-state index in [9.17, 15) is 18.0 Å². The first-order valence-electron chi connectivity index (χ1n) is 3.95. The summed E-state index contributed by atoms with van der Waals surface area (Å²) in [6.45, 7) is 0. The highest BCUT2D eigenvalue weighted by atomic mass is 32.2. The van der Waals surface area contributed by atoms with Crippen molar-refractivity contribution in [2.24, 2.45) is 15.4 Å². The van der Waals surface area contributed by atoms with Crippen LogP contribution in [-0.4, -0.2) is 13.0 Å². The van der Waals surface area contributed by atoms with Crippen LogP contribution < -0.4 is 21.6 Å². The number of hydrogen-bond acceptors (Lipinski definition) is 7. The predicted octanol–water partition coefficient (Wildman–Crippen LogP) is -1.96. The summed E-state index contributed by atoms with van der Waals surface area (Å²) < 4.78 is 30.3. The van der Waals surface area contributed by atoms with Crippen molar-refractivity contribution in [1.29, 1.82) is 5.39 Å². The van der Waals surface area contributed by atoms with Gasteiger partial charge in [0, 0.05) is 6.07 Å². The third-order valence-electron chi connectivity index (χ3n) is 1.73. The van der Waals surface area contributed by atoms with Gasteiger partial charge < -0.3 is 10.6 Å². The van der Waals surface area contributed by atoms with Crippen molar-refractivity contribution in [3.8, 4) is 0 Å². The Labute approximate surface area is 97.3 Å². The Morgan fingerprint density at radius 1 is 1.33 bits per heavy atom. The number of rotatable bonds is 2. The fourth-order valence-corrected chi connectivity index (χ4v) is 1.65. The average Bonchev–Trinajstić information content (AvgIpc) is 2.26. The van der Waals surface area contributed by atoms with Crippen LogP contribution in [0, 0.1) is 5.39 Å². The van der Waals surface area contributed by atoms with Crippen molar-refractivity contribution >= 4 is 10.1 Å². The minimum Gasteiger partial charge on any atom is -0.362 e. The third kappa shape index (κ3) is 2.36. The van der Waals surface area contributed by atoms with Crippen molar-refractivity contribution in [2.75, 3.05) is 0 Å². The Balaban J connectivity index is 4.21. The van der Waals surface area contributed by atoms with Gasteiger partial charge >= 0.3 is 5.08 Å². The summed E-state index contributed by atoms with van der Waals surface area (Å²) in [4.78, 5) is 21.6. The van der Waals surface area contributed by atoms with Gasteiger partial charge in [0.15, 0.2) is 10.5 Å². The standard InChI is InChI=1S/C6H2N6O5S/c7-11-9-4-2(13)1-3(18(15,16)17)6(14)5(4)10-12-8/h1H,(H,15,16,17). The fraction of sp³-hybridized carbons (Fsp3) is 0. The minimum atomic E-state index is -4.96. The monoisotopic (exact) mass is 270 g/mol. The molecular formula is C6H2N6O5S. The quantitative estimate of drug-likeness (QED) is 0.282. The molecule has 0 saturated heterocycles. The van der Waals surface area contributed by atoms with Crippen molar-refractivity contribution in [3.05, 3.63) is 47.8 Å². The van der Waals surface area contributed by atoms with Gasteiger partial charge in [-0.2, -0.15) is 8.42 Å². The van der Waals surface area contributed by atoms with Gasteiger partial charge in [-0.15, -0.1) is 0 Å². The Morgan fingerprint density at radius 2 is 1.94 bits per heavy atom. The number of diazo groups is 1. The smallest absolute Gasteiger partial charge is 0.339 e. The van der Waals surface area contributed by atoms with E-state index in [0.29, 0.717) is 0 Å². The van der Waals surface area contributed by atoms with Crippen LogP contribution in [0.25, 0.3) is 10.6 Å². The van der Waals surface area contributed by atoms with Gasteiger partial charge in [-0.3, -0.25) is 19.4 Å². The summed E-state index contributed by atoms with van der Waals surface area (Å²) >= 11 is 0. The largest absolute Gasteiger partial charge is 0.362 e. The summed E-state index contributed by atoms with van der Waals surface area (Å²) in [6, 6.07) is 0.276. The molecule has 1 aromatic rings. The molecule has 1 rings (SSSR count). The SMILES string of the molecule is N#[N+]N=c1c(=O)c(S(=O)(=O)O)cc(=O)c1=NN=[N-]. The fourth-order valence-electron chi connectivity index (χ4n) is 1.06. The molecular weight excluding hydrogens is 268 g/mol. The van der Waals surface area contributed by atoms with E-state index in [0.717, 1.165) is 0 Å². The van der Waals surface area contributed by atoms with E-state index in [4.69, 9.17) is 15.5 Å². The molecule has 0 saturated carbocycles. The highest BCUT2D eigenvalue weighted by Gasteiger charge is 2.19. The molecule has 0 atom stereocenters. The highest BCUT2D eigenvalue weighted by Crippen LogP contribution is 1.94. The van der Waals surface area contributed by atoms with Gasteiger partial charge in [-0.05, 0) is 0 Å². The summed E-state index contributed by atoms with van der Waals surface area (Å²) in [5, 5.41) is 16.4. The van der Waals surface area contributed by atoms with Crippen LogP contribution in [0.1, 0.15) is 0 Å². The van der Waals surface area contributed by atoms with Crippen LogP contribution in [-0.2, 0) is 10.1 Å². The zero-order chi connectivity index (χ0) is 13.9. The van der Waals surface area contributed by atoms with Gasteiger partial charge in [0.05, 0.1) is 5.36 Å². The van der Waals surface area contributed by atoms with E-state index in [-0.39, 0.29) is 6.07 Å². The molecule has 12 heteroatoms. The molecule has 0 bridgehead atoms. The van der Waals surface area contributed by atoms with E-state index in [1.165, 1.54) is 0 Å². The molecule has 0 aromatic heterocycles. The number of hydrogen-bond donors (Lipinski definition) is 1. The van der Waals surface area contributed by atoms with Crippen molar-refractivity contribution in [1.82, 2.24) is 0 Å². The topological polar surface area (TPSA) is 176 Å². The van der Waals surface area contributed by atoms with Gasteiger partial charge in [-0.1, -0.05) is 0 Å². The van der Waals surface area contributed by atoms with Crippen LogP contribution in [0.15, 0.2) is 36.0 Å². The van der Waals surface area contributed by atoms with E-state index in [2.05, 4.69) is 20.5 Å². The molecule has 0 heterocycles. The molecule has 1 aromatic carbocycles. The van der Waals surface area contributed by atoms with Gasteiger partial charge in [0.25, 0.3) is 15.5 Å². The summed E-state index contributed by atoms with van der Waals surface area (Å²) in [5.41, 5.74) is 5.56. The second-order valence-electron chi connectivity index (χ2n) is 2.75. The maximum Gasteiger partial charge on any atom is 0.339 e. The van der Waals surface area contributed by atoms with Crippen LogP contribution in [0.2, 0.25) is 0 Å². The first-order valence-corrected chi connectivity index (χ1v) is 5.39. The lowest BCUT2D eigenvalue weighted by atomic mass is 10.3. The van der Waals surface area contributed by atoms with E-state index in [1.54, 1.807) is 0 Å². The maximum atomic E-state index is 11.5. The van der Waals surface area contributed by atoms with Crippen LogP contribution in [0.5, 0.6) is 0 Å². The molecule has 1 N–H and O–H groups in total. The van der Waals surface area contributed by atoms with E-state index < -0.39 is 36.6 Å². The van der Waals surface area contributed by atoms with Crippen molar-refractivity contribution < 1.29 is 13.0 Å². The lowest BCUT2D eigenvalue weighted by Gasteiger charge is -1.94. The molecule has 0 aliphatic rings. The maximum absolute atomic E-state index is 11.5. The zero-order valence-corrected chi connectivity index (χ0v) is 9.07. The number of benzene rings is 1. The Hall–Kier alpha value is -2.65. The normalized spacial score (nSPS) is 13.3. The summed E-state index contributed by atoms with van der Waals surface area (Å²) in [7, 11) is -4.96. The van der Waals surface area contributed by atoms with E-state index in [1.807, 2.05) is 0 Å². The molecule has 0 fully saturated rings. The van der Waals surface area contributed by atoms with Crippen molar-refractivity contribution in [3.63, 3.8) is 0 Å². The molecule has 0 unspecified atom stereocenters. The Bertz CT molecular complexity index is 869. The van der Waals surface area contributed by atoms with Gasteiger partial charge in [0.1, 0.15) is 4.90 Å².